The molecule has 1 fully saturated rings. The first kappa shape index (κ1) is 14.6. The normalized spacial score (nSPS) is 17.9. The smallest absolute Gasteiger partial charge is 0.407 e. The summed E-state index contributed by atoms with van der Waals surface area (Å²) in [6, 6.07) is 5.10. The van der Waals surface area contributed by atoms with Crippen LogP contribution in [0, 0.1) is 0 Å². The highest BCUT2D eigenvalue weighted by molar-refractivity contribution is 9.10. The molecule has 1 aromatic rings. The first-order valence-electron chi connectivity index (χ1n) is 6.20. The average Bonchev–Trinajstić information content (AvgIpc) is 2.89. The van der Waals surface area contributed by atoms with Crippen LogP contribution < -0.4 is 11.1 Å². The van der Waals surface area contributed by atoms with Crippen molar-refractivity contribution in [2.75, 3.05) is 25.9 Å². The number of alkyl carbamates (subject to hydrolysis) is 1. The van der Waals surface area contributed by atoms with E-state index in [-0.39, 0.29) is 11.9 Å². The summed E-state index contributed by atoms with van der Waals surface area (Å²) in [5.41, 5.74) is 6.75. The van der Waals surface area contributed by atoms with Crippen LogP contribution in [0.3, 0.4) is 0 Å². The Balaban J connectivity index is 2.04. The molecule has 6 nitrogen and oxygen atoms in total. The maximum absolute atomic E-state index is 12.4. The molecular weight excluding hydrogens is 326 g/mol. The third kappa shape index (κ3) is 3.22. The van der Waals surface area contributed by atoms with Gasteiger partial charge in [0.15, 0.2) is 0 Å². The first-order chi connectivity index (χ1) is 9.51. The number of amides is 2. The van der Waals surface area contributed by atoms with Gasteiger partial charge in [-0.25, -0.2) is 4.79 Å². The zero-order chi connectivity index (χ0) is 14.7. The van der Waals surface area contributed by atoms with Gasteiger partial charge in [0.05, 0.1) is 18.7 Å². The molecule has 0 aliphatic carbocycles. The van der Waals surface area contributed by atoms with Crippen molar-refractivity contribution in [1.29, 1.82) is 0 Å². The molecule has 1 aromatic carbocycles. The minimum atomic E-state index is -0.480. The van der Waals surface area contributed by atoms with Crippen LogP contribution in [0.5, 0.6) is 0 Å². The van der Waals surface area contributed by atoms with Crippen molar-refractivity contribution >= 4 is 33.6 Å². The molecule has 1 atom stereocenters. The van der Waals surface area contributed by atoms with E-state index in [1.807, 2.05) is 0 Å². The quantitative estimate of drug-likeness (QED) is 0.800. The molecule has 2 amide bonds. The van der Waals surface area contributed by atoms with E-state index in [0.29, 0.717) is 30.8 Å². The minimum Gasteiger partial charge on any atom is -0.453 e. The second-order valence-corrected chi connectivity index (χ2v) is 5.52. The van der Waals surface area contributed by atoms with Crippen molar-refractivity contribution in [1.82, 2.24) is 10.2 Å². The monoisotopic (exact) mass is 341 g/mol. The summed E-state index contributed by atoms with van der Waals surface area (Å²) in [6.45, 7) is 1.04. The summed E-state index contributed by atoms with van der Waals surface area (Å²) in [5.74, 6) is -0.127. The van der Waals surface area contributed by atoms with Gasteiger partial charge in [0.1, 0.15) is 0 Å². The number of nitrogens with two attached hydrogens (primary N) is 1. The predicted molar refractivity (Wildman–Crippen MR) is 78.4 cm³/mol. The van der Waals surface area contributed by atoms with Gasteiger partial charge in [0.2, 0.25) is 0 Å². The Morgan fingerprint density at radius 3 is 2.95 bits per heavy atom. The fourth-order valence-corrected chi connectivity index (χ4v) is 2.53. The van der Waals surface area contributed by atoms with Gasteiger partial charge in [0.25, 0.3) is 5.91 Å². The standard InChI is InChI=1S/C13H16BrN3O3/c1-20-13(19)16-9-4-5-17(7-9)12(18)10-6-8(14)2-3-11(10)15/h2-3,6,9H,4-5,7,15H2,1H3,(H,16,19). The van der Waals surface area contributed by atoms with E-state index in [1.165, 1.54) is 7.11 Å². The molecular formula is C13H16BrN3O3. The van der Waals surface area contributed by atoms with Crippen molar-refractivity contribution in [2.24, 2.45) is 0 Å². The lowest BCUT2D eigenvalue weighted by Crippen LogP contribution is -2.38. The molecule has 0 bridgehead atoms. The van der Waals surface area contributed by atoms with E-state index in [9.17, 15) is 9.59 Å². The van der Waals surface area contributed by atoms with Gasteiger partial charge in [-0.05, 0) is 24.6 Å². The summed E-state index contributed by atoms with van der Waals surface area (Å²) in [7, 11) is 1.31. The molecule has 1 aliphatic heterocycles. The average molecular weight is 342 g/mol. The molecule has 7 heteroatoms. The molecule has 108 valence electrons. The van der Waals surface area contributed by atoms with E-state index in [1.54, 1.807) is 23.1 Å². The molecule has 0 aromatic heterocycles. The maximum atomic E-state index is 12.4. The lowest BCUT2D eigenvalue weighted by molar-refractivity contribution is 0.0789. The number of ether oxygens (including phenoxy) is 1. The maximum Gasteiger partial charge on any atom is 0.407 e. The molecule has 3 N–H and O–H groups in total. The number of halogens is 1. The molecule has 20 heavy (non-hydrogen) atoms. The summed E-state index contributed by atoms with van der Waals surface area (Å²) < 4.78 is 5.35. The molecule has 1 heterocycles. The molecule has 1 aliphatic rings. The first-order valence-corrected chi connectivity index (χ1v) is 6.99. The van der Waals surface area contributed by atoms with E-state index < -0.39 is 6.09 Å². The molecule has 1 unspecified atom stereocenters. The Morgan fingerprint density at radius 1 is 1.50 bits per heavy atom. The number of benzene rings is 1. The van der Waals surface area contributed by atoms with E-state index in [4.69, 9.17) is 5.73 Å². The van der Waals surface area contributed by atoms with Crippen LogP contribution in [0.15, 0.2) is 22.7 Å². The minimum absolute atomic E-state index is 0.0835. The van der Waals surface area contributed by atoms with E-state index >= 15 is 0 Å². The lowest BCUT2D eigenvalue weighted by Gasteiger charge is -2.18. The summed E-state index contributed by atoms with van der Waals surface area (Å²) in [4.78, 5) is 25.2. The van der Waals surface area contributed by atoms with Gasteiger partial charge < -0.3 is 20.7 Å². The Hall–Kier alpha value is -1.76. The molecule has 2 rings (SSSR count). The molecule has 1 saturated heterocycles. The Kier molecular flexibility index (Phi) is 4.49. The van der Waals surface area contributed by atoms with Crippen molar-refractivity contribution in [2.45, 2.75) is 12.5 Å². The fraction of sp³-hybridized carbons (Fsp3) is 0.385. The largest absolute Gasteiger partial charge is 0.453 e. The summed E-state index contributed by atoms with van der Waals surface area (Å²) in [5, 5.41) is 2.70. The van der Waals surface area contributed by atoms with Crippen molar-refractivity contribution in [3.05, 3.63) is 28.2 Å². The number of nitrogen functional groups attached to an aromatic ring is 1. The van der Waals surface area contributed by atoms with Crippen LogP contribution >= 0.6 is 15.9 Å². The number of nitrogens with one attached hydrogen (secondary N) is 1. The van der Waals surface area contributed by atoms with Gasteiger partial charge in [-0.15, -0.1) is 0 Å². The van der Waals surface area contributed by atoms with Crippen molar-refractivity contribution in [3.63, 3.8) is 0 Å². The Bertz CT molecular complexity index is 536. The molecule has 0 saturated carbocycles. The van der Waals surface area contributed by atoms with Crippen LogP contribution in [0.4, 0.5) is 10.5 Å². The third-order valence-corrected chi connectivity index (χ3v) is 3.72. The van der Waals surface area contributed by atoms with Crippen molar-refractivity contribution < 1.29 is 14.3 Å². The molecule has 0 radical (unpaired) electrons. The van der Waals surface area contributed by atoms with Gasteiger partial charge in [-0.1, -0.05) is 15.9 Å². The van der Waals surface area contributed by atoms with Crippen LogP contribution in [0.1, 0.15) is 16.8 Å². The van der Waals surface area contributed by atoms with Crippen molar-refractivity contribution in [3.8, 4) is 0 Å². The number of anilines is 1. The number of rotatable bonds is 2. The number of methoxy groups -OCH3 is 1. The number of hydrogen-bond donors (Lipinski definition) is 2. The third-order valence-electron chi connectivity index (χ3n) is 3.23. The Labute approximate surface area is 125 Å². The number of likely N-dealkylation sites (tertiary alicyclic amines) is 1. The van der Waals surface area contributed by atoms with E-state index in [2.05, 4.69) is 26.0 Å². The van der Waals surface area contributed by atoms with Crippen LogP contribution in [-0.2, 0) is 4.74 Å². The zero-order valence-electron chi connectivity index (χ0n) is 11.1. The highest BCUT2D eigenvalue weighted by Crippen LogP contribution is 2.22. The van der Waals surface area contributed by atoms with Gasteiger partial charge in [-0.3, -0.25) is 4.79 Å². The molecule has 0 spiro atoms. The van der Waals surface area contributed by atoms with Gasteiger partial charge in [0, 0.05) is 23.2 Å². The summed E-state index contributed by atoms with van der Waals surface area (Å²) >= 11 is 3.33. The van der Waals surface area contributed by atoms with Crippen LogP contribution in [-0.4, -0.2) is 43.1 Å². The Morgan fingerprint density at radius 2 is 2.25 bits per heavy atom. The zero-order valence-corrected chi connectivity index (χ0v) is 12.6. The highest BCUT2D eigenvalue weighted by atomic mass is 79.9. The highest BCUT2D eigenvalue weighted by Gasteiger charge is 2.29. The van der Waals surface area contributed by atoms with E-state index in [0.717, 1.165) is 4.47 Å². The summed E-state index contributed by atoms with van der Waals surface area (Å²) in [6.07, 6.45) is 0.223. The number of carbonyl (C=O) groups excluding carboxylic acids is 2. The SMILES string of the molecule is COC(=O)NC1CCN(C(=O)c2cc(Br)ccc2N)C1. The topological polar surface area (TPSA) is 84.7 Å². The fourth-order valence-electron chi connectivity index (χ4n) is 2.17. The number of carbonyl (C=O) groups is 2. The van der Waals surface area contributed by atoms with Crippen LogP contribution in [0.2, 0.25) is 0 Å². The second kappa shape index (κ2) is 6.13. The lowest BCUT2D eigenvalue weighted by atomic mass is 10.1. The number of hydrogen-bond acceptors (Lipinski definition) is 4. The second-order valence-electron chi connectivity index (χ2n) is 4.60. The predicted octanol–water partition coefficient (Wildman–Crippen LogP) is 1.60. The number of nitrogens with zero attached hydrogens (tertiary/aromatic N) is 1. The van der Waals surface area contributed by atoms with Crippen LogP contribution in [0.25, 0.3) is 0 Å². The van der Waals surface area contributed by atoms with Gasteiger partial charge >= 0.3 is 6.09 Å². The van der Waals surface area contributed by atoms with Gasteiger partial charge in [-0.2, -0.15) is 0 Å².